The number of cyclic esters (lactones) is 1. The van der Waals surface area contributed by atoms with E-state index in [1.54, 1.807) is 26.8 Å². The van der Waals surface area contributed by atoms with Crippen molar-refractivity contribution in [2.75, 3.05) is 21.2 Å². The molecule has 0 aromatic rings. The number of alkyl halides is 1. The van der Waals surface area contributed by atoms with Crippen molar-refractivity contribution < 1.29 is 52.4 Å². The van der Waals surface area contributed by atoms with Crippen LogP contribution in [0.5, 0.6) is 0 Å². The van der Waals surface area contributed by atoms with Crippen LogP contribution in [-0.4, -0.2) is 115 Å². The zero-order valence-electron chi connectivity index (χ0n) is 28.8. The largest absolute Gasteiger partial charge is 0.455 e. The van der Waals surface area contributed by atoms with Crippen molar-refractivity contribution >= 4 is 23.6 Å². The number of ketones is 2. The van der Waals surface area contributed by atoms with Crippen molar-refractivity contribution in [1.29, 1.82) is 0 Å². The molecular formula is C33H53FN2O10. The lowest BCUT2D eigenvalue weighted by Gasteiger charge is -2.47. The van der Waals surface area contributed by atoms with E-state index in [2.05, 4.69) is 11.9 Å². The lowest BCUT2D eigenvalue weighted by molar-refractivity contribution is -0.295. The van der Waals surface area contributed by atoms with Crippen LogP contribution in [0.1, 0.15) is 74.1 Å². The minimum atomic E-state index is -3.16. The fourth-order valence-electron chi connectivity index (χ4n) is 7.31. The van der Waals surface area contributed by atoms with Gasteiger partial charge in [-0.05, 0) is 67.5 Å². The molecule has 0 saturated carbocycles. The minimum Gasteiger partial charge on any atom is -0.455 e. The van der Waals surface area contributed by atoms with Crippen LogP contribution in [0.4, 0.5) is 9.18 Å². The van der Waals surface area contributed by atoms with Crippen LogP contribution < -0.4 is 5.32 Å². The molecule has 3 rings (SSSR count). The molecule has 1 amide bonds. The van der Waals surface area contributed by atoms with Gasteiger partial charge in [-0.1, -0.05) is 26.8 Å². The second kappa shape index (κ2) is 14.3. The first-order valence-electron chi connectivity index (χ1n) is 16.0. The van der Waals surface area contributed by atoms with E-state index in [9.17, 15) is 24.3 Å². The number of ether oxygens (including phenoxy) is 5. The van der Waals surface area contributed by atoms with Crippen LogP contribution >= 0.6 is 0 Å². The number of aliphatic hydroxyl groups excluding tert-OH is 1. The number of nitrogens with one attached hydrogen (secondary N) is 1. The highest BCUT2D eigenvalue weighted by molar-refractivity contribution is 6.07. The summed E-state index contributed by atoms with van der Waals surface area (Å²) < 4.78 is 46.2. The summed E-state index contributed by atoms with van der Waals surface area (Å²) in [5.74, 6) is -5.76. The molecule has 13 atom stereocenters. The number of methoxy groups -OCH3 is 1. The number of likely N-dealkylation sites (N-methyl/N-ethyl adjacent to an activating group) is 1. The molecule has 2 N–H and O–H groups in total. The molecule has 0 radical (unpaired) electrons. The molecule has 13 heteroatoms. The Morgan fingerprint density at radius 2 is 1.74 bits per heavy atom. The van der Waals surface area contributed by atoms with E-state index in [1.807, 2.05) is 25.9 Å². The topological polar surface area (TPSA) is 150 Å². The lowest BCUT2D eigenvalue weighted by atomic mass is 9.73. The third-order valence-corrected chi connectivity index (χ3v) is 10.2. The molecular weight excluding hydrogens is 603 g/mol. The molecule has 0 aliphatic carbocycles. The third kappa shape index (κ3) is 7.33. The van der Waals surface area contributed by atoms with Gasteiger partial charge in [-0.25, -0.2) is 14.0 Å². The van der Waals surface area contributed by atoms with E-state index in [0.717, 1.165) is 6.92 Å². The normalized spacial score (nSPS) is 44.5. The summed E-state index contributed by atoms with van der Waals surface area (Å²) in [5, 5.41) is 13.9. The summed E-state index contributed by atoms with van der Waals surface area (Å²) in [5.41, 5.74) is -6.15. The summed E-state index contributed by atoms with van der Waals surface area (Å²) in [4.78, 5) is 56.0. The molecule has 3 fully saturated rings. The Bertz CT molecular complexity index is 1170. The Kier molecular flexibility index (Phi) is 11.9. The molecule has 3 heterocycles. The second-order valence-corrected chi connectivity index (χ2v) is 14.1. The van der Waals surface area contributed by atoms with Gasteiger partial charge in [-0.15, -0.1) is 6.58 Å². The van der Waals surface area contributed by atoms with Crippen molar-refractivity contribution in [3.63, 3.8) is 0 Å². The minimum absolute atomic E-state index is 0.00994. The molecule has 6 unspecified atom stereocenters. The van der Waals surface area contributed by atoms with Crippen LogP contribution in [0.25, 0.3) is 0 Å². The van der Waals surface area contributed by atoms with Gasteiger partial charge in [0.2, 0.25) is 0 Å². The number of nitrogens with zero attached hydrogens (tertiary/aromatic N) is 1. The lowest BCUT2D eigenvalue weighted by Crippen LogP contribution is -2.61. The van der Waals surface area contributed by atoms with Gasteiger partial charge in [0.05, 0.1) is 23.9 Å². The van der Waals surface area contributed by atoms with E-state index in [4.69, 9.17) is 23.7 Å². The second-order valence-electron chi connectivity index (χ2n) is 14.1. The number of amides is 1. The number of hydrogen-bond acceptors (Lipinski definition) is 11. The highest BCUT2D eigenvalue weighted by Crippen LogP contribution is 2.41. The first-order chi connectivity index (χ1) is 21.2. The number of Topliss-reactive ketones (excluding diaryl/α,β-unsaturated/α-hetero) is 2. The van der Waals surface area contributed by atoms with E-state index in [1.165, 1.54) is 21.0 Å². The Balaban J connectivity index is 2.15. The maximum atomic E-state index is 16.5. The summed E-state index contributed by atoms with van der Waals surface area (Å²) in [7, 11) is 5.02. The molecule has 46 heavy (non-hydrogen) atoms. The number of halogens is 1. The maximum Gasteiger partial charge on any atom is 0.408 e. The number of fused-ring (bicyclic) bond motifs is 1. The van der Waals surface area contributed by atoms with Crippen molar-refractivity contribution in [1.82, 2.24) is 10.2 Å². The van der Waals surface area contributed by atoms with Crippen molar-refractivity contribution in [2.45, 2.75) is 134 Å². The van der Waals surface area contributed by atoms with Gasteiger partial charge in [0, 0.05) is 30.9 Å². The summed E-state index contributed by atoms with van der Waals surface area (Å²) in [6, 6.07) is -1.29. The average Bonchev–Trinajstić information content (AvgIpc) is 3.31. The van der Waals surface area contributed by atoms with Crippen LogP contribution in [0, 0.1) is 17.8 Å². The van der Waals surface area contributed by atoms with Crippen LogP contribution in [-0.2, 0) is 38.1 Å². The van der Waals surface area contributed by atoms with Gasteiger partial charge >= 0.3 is 12.1 Å². The summed E-state index contributed by atoms with van der Waals surface area (Å²) in [6.45, 7) is 14.3. The predicted octanol–water partition coefficient (Wildman–Crippen LogP) is 3.13. The number of esters is 1. The average molecular weight is 657 g/mol. The monoisotopic (exact) mass is 656 g/mol. The van der Waals surface area contributed by atoms with E-state index in [0.29, 0.717) is 12.8 Å². The van der Waals surface area contributed by atoms with Crippen LogP contribution in [0.2, 0.25) is 0 Å². The number of alkyl carbamates (subject to hydrolysis) is 1. The Hall–Kier alpha value is -2.45. The molecule has 3 aliphatic rings. The van der Waals surface area contributed by atoms with Gasteiger partial charge in [0.15, 0.2) is 17.7 Å². The molecule has 3 saturated heterocycles. The van der Waals surface area contributed by atoms with E-state index >= 15 is 4.39 Å². The van der Waals surface area contributed by atoms with E-state index < -0.39 is 83.1 Å². The number of rotatable bonds is 7. The zero-order valence-corrected chi connectivity index (χ0v) is 28.8. The molecule has 0 bridgehead atoms. The quantitative estimate of drug-likeness (QED) is 0.236. The van der Waals surface area contributed by atoms with Gasteiger partial charge < -0.3 is 39.0 Å². The molecule has 0 aromatic heterocycles. The third-order valence-electron chi connectivity index (χ3n) is 10.2. The maximum absolute atomic E-state index is 16.5. The fourth-order valence-corrected chi connectivity index (χ4v) is 7.31. The van der Waals surface area contributed by atoms with Crippen molar-refractivity contribution in [3.8, 4) is 0 Å². The van der Waals surface area contributed by atoms with Crippen molar-refractivity contribution in [2.24, 2.45) is 17.8 Å². The van der Waals surface area contributed by atoms with Gasteiger partial charge in [-0.2, -0.15) is 0 Å². The van der Waals surface area contributed by atoms with Crippen molar-refractivity contribution in [3.05, 3.63) is 12.7 Å². The summed E-state index contributed by atoms with van der Waals surface area (Å²) >= 11 is 0. The molecule has 262 valence electrons. The van der Waals surface area contributed by atoms with Crippen LogP contribution in [0.15, 0.2) is 12.7 Å². The number of carbonyl (C=O) groups is 4. The zero-order chi connectivity index (χ0) is 34.9. The molecule has 0 aromatic carbocycles. The van der Waals surface area contributed by atoms with Gasteiger partial charge in [-0.3, -0.25) is 9.59 Å². The standard InChI is InChI=1S/C33H53FN2O10/c1-12-13-14-22-33(8)25(35-30(41)46-33)19(4)23(37)17(2)16-31(6,42-11)27(20(5)26(39)32(7,34)29(40)44-22)45-28-24(38)21(36(9)10)15-18(3)43-28/h12,17-22,24-25,27-28,38H,1,13-16H2,2-11H3,(H,35,41)/t17-,18?,19+,20+,21?,22-,24?,25?,27?,28?,31-,32+,33-/m1/s1. The SMILES string of the molecule is C=CCC[C@H]1OC(=O)[C@@](C)(F)C(=O)[C@H](C)C(OC2OC(C)CC(N(C)C)C2O)[C@](C)(OC)C[C@@H](C)C(=O)[C@H](C)C2NC(=O)O[C@@]21C. The van der Waals surface area contributed by atoms with Crippen LogP contribution in [0.3, 0.4) is 0 Å². The number of hydrogen-bond donors (Lipinski definition) is 2. The number of carbonyl (C=O) groups excluding carboxylic acids is 4. The highest BCUT2D eigenvalue weighted by Gasteiger charge is 2.59. The first kappa shape index (κ1) is 38.0. The Morgan fingerprint density at radius 3 is 2.30 bits per heavy atom. The Labute approximate surface area is 271 Å². The smallest absolute Gasteiger partial charge is 0.408 e. The van der Waals surface area contributed by atoms with Gasteiger partial charge in [0.25, 0.3) is 5.67 Å². The molecule has 0 spiro atoms. The summed E-state index contributed by atoms with van der Waals surface area (Å²) in [6.07, 6.45) is -3.54. The first-order valence-corrected chi connectivity index (χ1v) is 16.0. The fraction of sp³-hybridized carbons (Fsp3) is 0.818. The Morgan fingerprint density at radius 1 is 1.11 bits per heavy atom. The predicted molar refractivity (Wildman–Crippen MR) is 165 cm³/mol. The van der Waals surface area contributed by atoms with Gasteiger partial charge in [0.1, 0.15) is 18.0 Å². The number of aliphatic hydroxyl groups is 1. The number of allylic oxidation sites excluding steroid dienone is 1. The van der Waals surface area contributed by atoms with E-state index in [-0.39, 0.29) is 30.8 Å². The molecule has 3 aliphatic heterocycles. The highest BCUT2D eigenvalue weighted by atomic mass is 19.1. The molecule has 12 nitrogen and oxygen atoms in total.